The van der Waals surface area contributed by atoms with Crippen LogP contribution >= 0.6 is 0 Å². The summed E-state index contributed by atoms with van der Waals surface area (Å²) in [6, 6.07) is 15.0. The molecule has 1 unspecified atom stereocenters. The third kappa shape index (κ3) is 2.80. The van der Waals surface area contributed by atoms with Crippen molar-refractivity contribution in [3.05, 3.63) is 54.4 Å². The highest BCUT2D eigenvalue weighted by Crippen LogP contribution is 2.34. The molecule has 2 aromatic heterocycles. The number of para-hydroxylation sites is 2. The molecule has 29 heavy (non-hydrogen) atoms. The minimum absolute atomic E-state index is 0.116. The predicted octanol–water partition coefficient (Wildman–Crippen LogP) is 3.31. The quantitative estimate of drug-likeness (QED) is 0.731. The molecule has 148 valence electrons. The fourth-order valence-corrected chi connectivity index (χ4v) is 4.90. The topological polar surface area (TPSA) is 61.6 Å². The van der Waals surface area contributed by atoms with E-state index in [2.05, 4.69) is 48.9 Å². The van der Waals surface area contributed by atoms with Crippen molar-refractivity contribution >= 4 is 22.9 Å². The van der Waals surface area contributed by atoms with Gasteiger partial charge in [0.15, 0.2) is 6.17 Å². The van der Waals surface area contributed by atoms with Gasteiger partial charge in [0.1, 0.15) is 0 Å². The summed E-state index contributed by atoms with van der Waals surface area (Å²) < 4.78 is 2.26. The Morgan fingerprint density at radius 1 is 0.966 bits per heavy atom. The van der Waals surface area contributed by atoms with Crippen LogP contribution in [0.4, 0.5) is 5.95 Å². The largest absolute Gasteiger partial charge is 0.330 e. The van der Waals surface area contributed by atoms with Gasteiger partial charge in [0.2, 0.25) is 11.9 Å². The summed E-state index contributed by atoms with van der Waals surface area (Å²) in [7, 11) is 0. The Morgan fingerprint density at radius 3 is 2.69 bits per heavy atom. The first-order valence-electron chi connectivity index (χ1n) is 10.6. The van der Waals surface area contributed by atoms with Gasteiger partial charge in [-0.1, -0.05) is 37.5 Å². The molecular weight excluding hydrogens is 362 g/mol. The number of benzene rings is 1. The van der Waals surface area contributed by atoms with E-state index in [-0.39, 0.29) is 6.17 Å². The van der Waals surface area contributed by atoms with Crippen molar-refractivity contribution in [2.24, 2.45) is 4.99 Å². The third-order valence-corrected chi connectivity index (χ3v) is 6.38. The van der Waals surface area contributed by atoms with Gasteiger partial charge in [-0.25, -0.2) is 9.98 Å². The van der Waals surface area contributed by atoms with Crippen molar-refractivity contribution in [1.82, 2.24) is 24.8 Å². The Morgan fingerprint density at radius 2 is 1.83 bits per heavy atom. The van der Waals surface area contributed by atoms with Gasteiger partial charge in [0, 0.05) is 12.2 Å². The van der Waals surface area contributed by atoms with Crippen molar-refractivity contribution in [3.8, 4) is 0 Å². The number of guanidine groups is 1. The van der Waals surface area contributed by atoms with E-state index in [0.29, 0.717) is 6.04 Å². The monoisotopic (exact) mass is 387 g/mol. The molecule has 3 aliphatic rings. The number of pyridine rings is 1. The molecule has 7 nitrogen and oxygen atoms in total. The number of imidazole rings is 1. The highest BCUT2D eigenvalue weighted by atomic mass is 15.5. The van der Waals surface area contributed by atoms with Crippen molar-refractivity contribution in [1.29, 1.82) is 0 Å². The Bertz CT molecular complexity index is 1050. The lowest BCUT2D eigenvalue weighted by Gasteiger charge is -2.44. The summed E-state index contributed by atoms with van der Waals surface area (Å²) in [6.45, 7) is 1.58. The van der Waals surface area contributed by atoms with Gasteiger partial charge >= 0.3 is 0 Å². The molecule has 0 radical (unpaired) electrons. The number of hydrogen-bond acceptors (Lipinski definition) is 6. The summed E-state index contributed by atoms with van der Waals surface area (Å²) in [5.74, 6) is 1.84. The maximum atomic E-state index is 5.01. The average Bonchev–Trinajstić information content (AvgIpc) is 3.19. The first kappa shape index (κ1) is 17.0. The van der Waals surface area contributed by atoms with E-state index in [4.69, 9.17) is 9.98 Å². The smallest absolute Gasteiger partial charge is 0.216 e. The molecule has 1 aromatic carbocycles. The molecule has 6 rings (SSSR count). The van der Waals surface area contributed by atoms with Crippen molar-refractivity contribution in [2.45, 2.75) is 44.3 Å². The van der Waals surface area contributed by atoms with Crippen molar-refractivity contribution < 1.29 is 0 Å². The zero-order valence-corrected chi connectivity index (χ0v) is 16.4. The molecular formula is C22H25N7. The number of fused-ring (bicyclic) bond motifs is 5. The van der Waals surface area contributed by atoms with Crippen molar-refractivity contribution in [2.75, 3.05) is 18.2 Å². The van der Waals surface area contributed by atoms with Crippen molar-refractivity contribution in [3.63, 3.8) is 0 Å². The fourth-order valence-electron chi connectivity index (χ4n) is 4.90. The second-order valence-electron chi connectivity index (χ2n) is 8.15. The van der Waals surface area contributed by atoms with Crippen LogP contribution < -0.4 is 10.2 Å². The molecule has 1 saturated carbocycles. The summed E-state index contributed by atoms with van der Waals surface area (Å²) in [6.07, 6.45) is 8.31. The first-order chi connectivity index (χ1) is 14.4. The summed E-state index contributed by atoms with van der Waals surface area (Å²) in [4.78, 5) is 19.3. The molecule has 4 heterocycles. The van der Waals surface area contributed by atoms with Gasteiger partial charge < -0.3 is 5.32 Å². The standard InChI is InChI=1S/C22H25N7/c1-2-8-16(9-3-1)27-14-24-21-26-20(18-11-6-7-13-23-18)29-19-12-5-4-10-17(19)25-22(29)28(21)15-27/h4-7,10-13,16,20H,1-3,8-9,14-15H2,(H,24,26). The molecule has 7 heteroatoms. The highest BCUT2D eigenvalue weighted by Gasteiger charge is 2.37. The molecule has 3 aromatic rings. The van der Waals surface area contributed by atoms with Gasteiger partial charge in [-0.3, -0.25) is 19.4 Å². The Balaban J connectivity index is 1.44. The Kier molecular flexibility index (Phi) is 4.01. The Labute approximate surface area is 170 Å². The van der Waals surface area contributed by atoms with E-state index >= 15 is 0 Å². The second-order valence-corrected chi connectivity index (χ2v) is 8.15. The predicted molar refractivity (Wildman–Crippen MR) is 114 cm³/mol. The van der Waals surface area contributed by atoms with Gasteiger partial charge in [0.25, 0.3) is 0 Å². The SMILES string of the molecule is c1ccc(C2NC3=NCN(C4CCCCC4)CN3c3nc4ccccc4n32)nc1. The number of nitrogens with one attached hydrogen (secondary N) is 1. The van der Waals surface area contributed by atoms with Gasteiger partial charge in [0.05, 0.1) is 30.1 Å². The molecule has 1 atom stereocenters. The first-order valence-corrected chi connectivity index (χ1v) is 10.6. The van der Waals surface area contributed by atoms with Crippen LogP contribution in [0, 0.1) is 0 Å². The molecule has 1 N–H and O–H groups in total. The van der Waals surface area contributed by atoms with Gasteiger partial charge in [-0.2, -0.15) is 0 Å². The minimum Gasteiger partial charge on any atom is -0.330 e. The van der Waals surface area contributed by atoms with Crippen LogP contribution in [-0.2, 0) is 0 Å². The minimum atomic E-state index is -0.116. The zero-order chi connectivity index (χ0) is 19.2. The van der Waals surface area contributed by atoms with E-state index in [0.717, 1.165) is 42.0 Å². The lowest BCUT2D eigenvalue weighted by molar-refractivity contribution is 0.156. The van der Waals surface area contributed by atoms with Gasteiger partial charge in [-0.15, -0.1) is 0 Å². The molecule has 0 bridgehead atoms. The third-order valence-electron chi connectivity index (χ3n) is 6.38. The summed E-state index contributed by atoms with van der Waals surface area (Å²) in [5, 5.41) is 3.64. The van der Waals surface area contributed by atoms with Crippen LogP contribution in [0.3, 0.4) is 0 Å². The van der Waals surface area contributed by atoms with Crippen LogP contribution in [0.5, 0.6) is 0 Å². The Hall–Kier alpha value is -2.93. The summed E-state index contributed by atoms with van der Waals surface area (Å²) in [5.41, 5.74) is 3.08. The maximum Gasteiger partial charge on any atom is 0.216 e. The maximum absolute atomic E-state index is 5.01. The van der Waals surface area contributed by atoms with E-state index in [1.165, 1.54) is 32.1 Å². The zero-order valence-electron chi connectivity index (χ0n) is 16.4. The second kappa shape index (κ2) is 6.84. The number of nitrogens with zero attached hydrogens (tertiary/aromatic N) is 6. The number of rotatable bonds is 2. The molecule has 1 fully saturated rings. The number of aliphatic imine (C=N–C) groups is 1. The molecule has 0 saturated heterocycles. The number of anilines is 1. The molecule has 0 amide bonds. The molecule has 0 spiro atoms. The van der Waals surface area contributed by atoms with Gasteiger partial charge in [-0.05, 0) is 37.1 Å². The van der Waals surface area contributed by atoms with Crippen LogP contribution in [0.1, 0.15) is 44.0 Å². The van der Waals surface area contributed by atoms with Crippen LogP contribution in [0.2, 0.25) is 0 Å². The number of aromatic nitrogens is 3. The highest BCUT2D eigenvalue weighted by molar-refractivity contribution is 5.98. The van der Waals surface area contributed by atoms with Crippen LogP contribution in [-0.4, -0.2) is 44.8 Å². The van der Waals surface area contributed by atoms with Crippen LogP contribution in [0.15, 0.2) is 53.7 Å². The molecule has 1 aliphatic carbocycles. The average molecular weight is 387 g/mol. The van der Waals surface area contributed by atoms with E-state index in [1.54, 1.807) is 0 Å². The molecule has 2 aliphatic heterocycles. The van der Waals surface area contributed by atoms with E-state index in [1.807, 2.05) is 24.4 Å². The van der Waals surface area contributed by atoms with Crippen LogP contribution in [0.25, 0.3) is 11.0 Å². The number of hydrogen-bond donors (Lipinski definition) is 1. The normalized spacial score (nSPS) is 22.7. The van der Waals surface area contributed by atoms with E-state index < -0.39 is 0 Å². The fraction of sp³-hybridized carbons (Fsp3) is 0.409. The summed E-state index contributed by atoms with van der Waals surface area (Å²) >= 11 is 0. The lowest BCUT2D eigenvalue weighted by atomic mass is 9.94. The van der Waals surface area contributed by atoms with E-state index in [9.17, 15) is 0 Å². The lowest BCUT2D eigenvalue weighted by Crippen LogP contribution is -2.59.